The number of thiophene rings is 1. The second-order valence-corrected chi connectivity index (χ2v) is 12.3. The normalized spacial score (nSPS) is 18.7. The van der Waals surface area contributed by atoms with Gasteiger partial charge >= 0.3 is 0 Å². The van der Waals surface area contributed by atoms with Gasteiger partial charge in [-0.1, -0.05) is 31.2 Å². The van der Waals surface area contributed by atoms with Crippen LogP contribution in [-0.2, 0) is 19.3 Å². The summed E-state index contributed by atoms with van der Waals surface area (Å²) in [7, 11) is 0. The Bertz CT molecular complexity index is 1830. The van der Waals surface area contributed by atoms with Crippen molar-refractivity contribution in [2.45, 2.75) is 45.4 Å². The highest BCUT2D eigenvalue weighted by atomic mass is 35.5. The molecule has 208 valence electrons. The number of aromatic nitrogens is 1. The molecule has 0 radical (unpaired) electrons. The minimum atomic E-state index is -0.633. The van der Waals surface area contributed by atoms with Crippen molar-refractivity contribution < 1.29 is 8.78 Å². The molecule has 2 atom stereocenters. The van der Waals surface area contributed by atoms with Crippen LogP contribution in [0.5, 0.6) is 0 Å². The largest absolute Gasteiger partial charge is 0.389 e. The first-order valence-corrected chi connectivity index (χ1v) is 15.0. The van der Waals surface area contributed by atoms with Crippen molar-refractivity contribution in [2.75, 3.05) is 18.8 Å². The third-order valence-corrected chi connectivity index (χ3v) is 10.3. The molecule has 4 aromatic rings. The lowest BCUT2D eigenvalue weighted by molar-refractivity contribution is 0.304. The predicted octanol–water partition coefficient (Wildman–Crippen LogP) is 7.90. The number of anilines is 1. The molecule has 1 saturated heterocycles. The van der Waals surface area contributed by atoms with E-state index >= 15 is 4.39 Å². The van der Waals surface area contributed by atoms with E-state index in [1.54, 1.807) is 0 Å². The number of nitrogens with zero attached hydrogens (tertiary/aromatic N) is 4. The Kier molecular flexibility index (Phi) is 7.09. The minimum absolute atomic E-state index is 0.0909. The number of benzene rings is 2. The number of aryl methyl sites for hydroxylation is 2. The molecular formula is C32H28ClF2N5S. The van der Waals surface area contributed by atoms with E-state index in [9.17, 15) is 14.9 Å². The molecular weight excluding hydrogens is 560 g/mol. The Morgan fingerprint density at radius 3 is 2.63 bits per heavy atom. The van der Waals surface area contributed by atoms with E-state index in [4.69, 9.17) is 22.3 Å². The van der Waals surface area contributed by atoms with E-state index in [0.717, 1.165) is 54.8 Å². The summed E-state index contributed by atoms with van der Waals surface area (Å²) >= 11 is 8.06. The van der Waals surface area contributed by atoms with Crippen molar-refractivity contribution in [3.05, 3.63) is 69.5 Å². The SMILES string of the molecule is C=CN1CCC(C2CCCc3c(Cl)c(-c4ccc(F)c5sc(N)c(C#N)c45)c(F)c4nc(CC)c(C#N)c(c34)C2)C1. The van der Waals surface area contributed by atoms with Gasteiger partial charge in [-0.3, -0.25) is 0 Å². The number of hydrogen-bond donors (Lipinski definition) is 1. The Balaban J connectivity index is 1.66. The number of hydrogen-bond acceptors (Lipinski definition) is 6. The fourth-order valence-electron chi connectivity index (χ4n) is 6.89. The number of likely N-dealkylation sites (tertiary alicyclic amines) is 1. The average Bonchev–Trinajstić information content (AvgIpc) is 3.57. The molecule has 0 amide bonds. The van der Waals surface area contributed by atoms with Gasteiger partial charge in [-0.05, 0) is 79.3 Å². The minimum Gasteiger partial charge on any atom is -0.389 e. The molecule has 5 nitrogen and oxygen atoms in total. The van der Waals surface area contributed by atoms with Gasteiger partial charge in [0.05, 0.1) is 26.5 Å². The molecule has 0 bridgehead atoms. The fourth-order valence-corrected chi connectivity index (χ4v) is 8.22. The Morgan fingerprint density at radius 2 is 1.95 bits per heavy atom. The fraction of sp³-hybridized carbons (Fsp3) is 0.344. The number of halogens is 3. The highest BCUT2D eigenvalue weighted by molar-refractivity contribution is 7.23. The van der Waals surface area contributed by atoms with Crippen LogP contribution in [0.25, 0.3) is 32.1 Å². The molecule has 1 aliphatic heterocycles. The molecule has 9 heteroatoms. The highest BCUT2D eigenvalue weighted by Crippen LogP contribution is 2.48. The van der Waals surface area contributed by atoms with E-state index in [2.05, 4.69) is 23.6 Å². The lowest BCUT2D eigenvalue weighted by atomic mass is 9.77. The van der Waals surface area contributed by atoms with Gasteiger partial charge in [0.25, 0.3) is 0 Å². The van der Waals surface area contributed by atoms with Crippen molar-refractivity contribution in [3.63, 3.8) is 0 Å². The molecule has 2 N–H and O–H groups in total. The summed E-state index contributed by atoms with van der Waals surface area (Å²) in [5.41, 5.74) is 9.38. The van der Waals surface area contributed by atoms with E-state index in [1.165, 1.54) is 12.1 Å². The number of fused-ring (bicyclic) bond motifs is 1. The number of nitrogen functional groups attached to an aromatic ring is 1. The molecule has 41 heavy (non-hydrogen) atoms. The summed E-state index contributed by atoms with van der Waals surface area (Å²) < 4.78 is 31.9. The molecule has 2 aromatic carbocycles. The maximum Gasteiger partial charge on any atom is 0.158 e. The number of nitriles is 2. The molecule has 2 aromatic heterocycles. The van der Waals surface area contributed by atoms with E-state index in [-0.39, 0.29) is 36.8 Å². The Morgan fingerprint density at radius 1 is 1.17 bits per heavy atom. The third kappa shape index (κ3) is 4.24. The van der Waals surface area contributed by atoms with Crippen LogP contribution in [0.3, 0.4) is 0 Å². The second-order valence-electron chi connectivity index (χ2n) is 10.9. The smallest absolute Gasteiger partial charge is 0.158 e. The predicted molar refractivity (Wildman–Crippen MR) is 161 cm³/mol. The van der Waals surface area contributed by atoms with Gasteiger partial charge in [0.1, 0.15) is 28.5 Å². The summed E-state index contributed by atoms with van der Waals surface area (Å²) in [5.74, 6) is -0.378. The van der Waals surface area contributed by atoms with Gasteiger partial charge in [0, 0.05) is 29.4 Å². The van der Waals surface area contributed by atoms with Crippen molar-refractivity contribution in [1.29, 1.82) is 10.5 Å². The zero-order valence-electron chi connectivity index (χ0n) is 22.7. The van der Waals surface area contributed by atoms with Crippen LogP contribution in [0.1, 0.15) is 54.1 Å². The number of pyridine rings is 1. The zero-order valence-corrected chi connectivity index (χ0v) is 24.2. The van der Waals surface area contributed by atoms with Gasteiger partial charge in [0.2, 0.25) is 0 Å². The molecule has 0 saturated carbocycles. The Hall–Kier alpha value is -3.72. The zero-order chi connectivity index (χ0) is 29.0. The molecule has 1 aliphatic carbocycles. The number of nitrogens with two attached hydrogens (primary N) is 1. The lowest BCUT2D eigenvalue weighted by Gasteiger charge is -2.29. The van der Waals surface area contributed by atoms with Gasteiger partial charge in [-0.15, -0.1) is 11.3 Å². The van der Waals surface area contributed by atoms with E-state index < -0.39 is 11.6 Å². The van der Waals surface area contributed by atoms with Gasteiger partial charge in [-0.25, -0.2) is 13.8 Å². The quantitative estimate of drug-likeness (QED) is 0.262. The van der Waals surface area contributed by atoms with Crippen molar-refractivity contribution in [1.82, 2.24) is 9.88 Å². The monoisotopic (exact) mass is 587 g/mol. The molecule has 2 unspecified atom stereocenters. The molecule has 2 aliphatic rings. The standard InChI is InChI=1S/C32H28ClF2N5S/c1-3-24-21(13-36)20-12-16(17-10-11-40(4-2)15-17)6-5-7-19-25(20)30(39-24)29(35)27(28(19)33)18-8-9-23(34)31-26(18)22(14-37)32(38)41-31/h4,8-9,16-17H,2-3,5-7,10-12,15,38H2,1H3. The maximum absolute atomic E-state index is 16.8. The second kappa shape index (κ2) is 10.6. The molecule has 6 rings (SSSR count). The lowest BCUT2D eigenvalue weighted by Crippen LogP contribution is -2.23. The topological polar surface area (TPSA) is 89.7 Å². The molecule has 1 fully saturated rings. The van der Waals surface area contributed by atoms with Crippen LogP contribution in [0, 0.1) is 46.1 Å². The maximum atomic E-state index is 16.8. The first kappa shape index (κ1) is 27.4. The van der Waals surface area contributed by atoms with E-state index in [1.807, 2.05) is 13.1 Å². The average molecular weight is 588 g/mol. The van der Waals surface area contributed by atoms with Crippen LogP contribution in [0.4, 0.5) is 13.8 Å². The van der Waals surface area contributed by atoms with Crippen LogP contribution in [0.15, 0.2) is 24.9 Å². The summed E-state index contributed by atoms with van der Waals surface area (Å²) in [5, 5.41) is 21.4. The van der Waals surface area contributed by atoms with Crippen LogP contribution < -0.4 is 5.73 Å². The van der Waals surface area contributed by atoms with Gasteiger partial charge < -0.3 is 10.6 Å². The highest BCUT2D eigenvalue weighted by Gasteiger charge is 2.34. The third-order valence-electron chi connectivity index (χ3n) is 8.88. The molecule has 0 spiro atoms. The van der Waals surface area contributed by atoms with Crippen molar-refractivity contribution >= 4 is 48.9 Å². The van der Waals surface area contributed by atoms with Gasteiger partial charge in [0.15, 0.2) is 5.82 Å². The van der Waals surface area contributed by atoms with Gasteiger partial charge in [-0.2, -0.15) is 10.5 Å². The summed E-state index contributed by atoms with van der Waals surface area (Å²) in [6.07, 6.45) is 6.45. The van der Waals surface area contributed by atoms with Crippen LogP contribution in [-0.4, -0.2) is 23.0 Å². The first-order valence-electron chi connectivity index (χ1n) is 13.9. The summed E-state index contributed by atoms with van der Waals surface area (Å²) in [6, 6.07) is 7.17. The Labute approximate surface area is 246 Å². The van der Waals surface area contributed by atoms with Crippen molar-refractivity contribution in [2.24, 2.45) is 11.8 Å². The first-order chi connectivity index (χ1) is 19.8. The van der Waals surface area contributed by atoms with Crippen LogP contribution >= 0.6 is 22.9 Å². The summed E-state index contributed by atoms with van der Waals surface area (Å²) in [6.45, 7) is 7.73. The summed E-state index contributed by atoms with van der Waals surface area (Å²) in [4.78, 5) is 6.96. The van der Waals surface area contributed by atoms with Crippen molar-refractivity contribution in [3.8, 4) is 23.3 Å². The molecule has 3 heterocycles. The van der Waals surface area contributed by atoms with E-state index in [0.29, 0.717) is 53.3 Å². The van der Waals surface area contributed by atoms with Crippen LogP contribution in [0.2, 0.25) is 5.02 Å². The number of rotatable bonds is 4.